The van der Waals surface area contributed by atoms with Crippen LogP contribution in [-0.4, -0.2) is 19.7 Å². The predicted octanol–water partition coefficient (Wildman–Crippen LogP) is 1.90. The van der Waals surface area contributed by atoms with Gasteiger partial charge in [0.1, 0.15) is 12.0 Å². The van der Waals surface area contributed by atoms with Crippen LogP contribution in [0.15, 0.2) is 30.7 Å². The fourth-order valence-corrected chi connectivity index (χ4v) is 1.02. The van der Waals surface area contributed by atoms with Crippen molar-refractivity contribution in [2.24, 2.45) is 7.05 Å². The molecule has 4 heteroatoms. The summed E-state index contributed by atoms with van der Waals surface area (Å²) in [4.78, 5) is 8.23. The first-order chi connectivity index (χ1) is 6.88. The van der Waals surface area contributed by atoms with Crippen molar-refractivity contribution in [1.82, 2.24) is 19.7 Å². The lowest BCUT2D eigenvalue weighted by atomic mass is 10.3. The van der Waals surface area contributed by atoms with E-state index in [2.05, 4.69) is 15.1 Å². The molecule has 2 aromatic rings. The van der Waals surface area contributed by atoms with Gasteiger partial charge >= 0.3 is 0 Å². The first kappa shape index (κ1) is 10.4. The van der Waals surface area contributed by atoms with Crippen LogP contribution in [0.2, 0.25) is 0 Å². The second-order valence-electron chi connectivity index (χ2n) is 2.42. The average Bonchev–Trinajstić information content (AvgIpc) is 2.69. The molecule has 0 N–H and O–H groups in total. The molecule has 0 unspecified atom stereocenters. The van der Waals surface area contributed by atoms with Crippen LogP contribution >= 0.6 is 0 Å². The van der Waals surface area contributed by atoms with Crippen molar-refractivity contribution in [3.63, 3.8) is 0 Å². The quantitative estimate of drug-likeness (QED) is 0.689. The summed E-state index contributed by atoms with van der Waals surface area (Å²) >= 11 is 0. The van der Waals surface area contributed by atoms with Crippen LogP contribution in [0, 0.1) is 0 Å². The van der Waals surface area contributed by atoms with E-state index in [1.165, 1.54) is 6.33 Å². The SMILES string of the molecule is CC.Cn1ncnc1-c1ccccn1. The fraction of sp³-hybridized carbons (Fsp3) is 0.300. The summed E-state index contributed by atoms with van der Waals surface area (Å²) in [5.41, 5.74) is 0.845. The van der Waals surface area contributed by atoms with Crippen LogP contribution in [0.5, 0.6) is 0 Å². The van der Waals surface area contributed by atoms with Crippen molar-refractivity contribution in [2.45, 2.75) is 13.8 Å². The van der Waals surface area contributed by atoms with Crippen molar-refractivity contribution in [3.8, 4) is 11.5 Å². The molecule has 0 aliphatic heterocycles. The minimum Gasteiger partial charge on any atom is -0.253 e. The Kier molecular flexibility index (Phi) is 3.79. The molecule has 74 valence electrons. The Hall–Kier alpha value is -1.71. The minimum absolute atomic E-state index is 0.788. The number of aromatic nitrogens is 4. The minimum atomic E-state index is 0.788. The number of rotatable bonds is 1. The summed E-state index contributed by atoms with van der Waals surface area (Å²) in [5.74, 6) is 0.788. The number of hydrogen-bond acceptors (Lipinski definition) is 3. The fourth-order valence-electron chi connectivity index (χ4n) is 1.02. The molecular formula is C10H14N4. The van der Waals surface area contributed by atoms with E-state index in [-0.39, 0.29) is 0 Å². The van der Waals surface area contributed by atoms with E-state index in [1.54, 1.807) is 10.9 Å². The summed E-state index contributed by atoms with van der Waals surface area (Å²) in [6, 6.07) is 5.71. The third-order valence-electron chi connectivity index (χ3n) is 1.61. The lowest BCUT2D eigenvalue weighted by molar-refractivity contribution is 0.772. The van der Waals surface area contributed by atoms with Gasteiger partial charge in [-0.25, -0.2) is 9.67 Å². The number of pyridine rings is 1. The Balaban J connectivity index is 0.000000461. The third-order valence-corrected chi connectivity index (χ3v) is 1.61. The maximum absolute atomic E-state index is 4.16. The Morgan fingerprint density at radius 1 is 1.14 bits per heavy atom. The third kappa shape index (κ3) is 2.16. The zero-order valence-corrected chi connectivity index (χ0v) is 8.68. The summed E-state index contributed by atoms with van der Waals surface area (Å²) < 4.78 is 1.70. The smallest absolute Gasteiger partial charge is 0.176 e. The van der Waals surface area contributed by atoms with Crippen molar-refractivity contribution in [1.29, 1.82) is 0 Å². The maximum atomic E-state index is 4.16. The molecule has 0 bridgehead atoms. The van der Waals surface area contributed by atoms with Gasteiger partial charge in [-0.05, 0) is 12.1 Å². The summed E-state index contributed by atoms with van der Waals surface area (Å²) in [6.07, 6.45) is 3.26. The van der Waals surface area contributed by atoms with Crippen molar-refractivity contribution in [2.75, 3.05) is 0 Å². The topological polar surface area (TPSA) is 43.6 Å². The van der Waals surface area contributed by atoms with E-state index in [0.29, 0.717) is 0 Å². The van der Waals surface area contributed by atoms with Crippen molar-refractivity contribution in [3.05, 3.63) is 30.7 Å². The predicted molar refractivity (Wildman–Crippen MR) is 55.6 cm³/mol. The molecule has 0 amide bonds. The largest absolute Gasteiger partial charge is 0.253 e. The normalized spacial score (nSPS) is 9.07. The van der Waals surface area contributed by atoms with Gasteiger partial charge in [-0.1, -0.05) is 19.9 Å². The molecule has 14 heavy (non-hydrogen) atoms. The highest BCUT2D eigenvalue weighted by atomic mass is 15.3. The second kappa shape index (κ2) is 5.11. The van der Waals surface area contributed by atoms with Gasteiger partial charge in [0, 0.05) is 13.2 Å². The first-order valence-corrected chi connectivity index (χ1v) is 4.63. The van der Waals surface area contributed by atoms with Gasteiger partial charge in [-0.2, -0.15) is 5.10 Å². The average molecular weight is 190 g/mol. The lowest BCUT2D eigenvalue weighted by Crippen LogP contribution is -1.95. The van der Waals surface area contributed by atoms with Gasteiger partial charge in [-0.15, -0.1) is 0 Å². The van der Waals surface area contributed by atoms with Gasteiger partial charge in [0.15, 0.2) is 5.82 Å². The lowest BCUT2D eigenvalue weighted by Gasteiger charge is -1.96. The summed E-state index contributed by atoms with van der Waals surface area (Å²) in [7, 11) is 1.84. The number of aryl methyl sites for hydroxylation is 1. The van der Waals surface area contributed by atoms with Crippen molar-refractivity contribution >= 4 is 0 Å². The van der Waals surface area contributed by atoms with Crippen LogP contribution < -0.4 is 0 Å². The van der Waals surface area contributed by atoms with E-state index in [0.717, 1.165) is 11.5 Å². The van der Waals surface area contributed by atoms with E-state index in [9.17, 15) is 0 Å². The van der Waals surface area contributed by atoms with Crippen molar-refractivity contribution < 1.29 is 0 Å². The Bertz CT molecular complexity index is 367. The first-order valence-electron chi connectivity index (χ1n) is 4.63. The zero-order chi connectivity index (χ0) is 10.4. The van der Waals surface area contributed by atoms with Gasteiger partial charge in [0.05, 0.1) is 0 Å². The highest BCUT2D eigenvalue weighted by Crippen LogP contribution is 2.09. The van der Waals surface area contributed by atoms with Gasteiger partial charge < -0.3 is 0 Å². The molecule has 4 nitrogen and oxygen atoms in total. The van der Waals surface area contributed by atoms with Crippen LogP contribution in [0.1, 0.15) is 13.8 Å². The molecule has 2 heterocycles. The van der Waals surface area contributed by atoms with E-state index >= 15 is 0 Å². The Morgan fingerprint density at radius 3 is 2.43 bits per heavy atom. The maximum Gasteiger partial charge on any atom is 0.176 e. The highest BCUT2D eigenvalue weighted by molar-refractivity contribution is 5.47. The standard InChI is InChI=1S/C8H8N4.C2H6/c1-12-8(10-6-11-12)7-4-2-3-5-9-7;1-2/h2-6H,1H3;1-2H3. The highest BCUT2D eigenvalue weighted by Gasteiger charge is 2.02. The zero-order valence-electron chi connectivity index (χ0n) is 8.68. The molecule has 0 atom stereocenters. The number of hydrogen-bond donors (Lipinski definition) is 0. The van der Waals surface area contributed by atoms with Gasteiger partial charge in [0.25, 0.3) is 0 Å². The van der Waals surface area contributed by atoms with E-state index in [1.807, 2.05) is 39.1 Å². The molecule has 0 saturated carbocycles. The number of nitrogens with zero attached hydrogens (tertiary/aromatic N) is 4. The Labute approximate surface area is 83.6 Å². The van der Waals surface area contributed by atoms with E-state index in [4.69, 9.17) is 0 Å². The second-order valence-corrected chi connectivity index (χ2v) is 2.42. The molecule has 2 aromatic heterocycles. The van der Waals surface area contributed by atoms with Crippen LogP contribution in [0.25, 0.3) is 11.5 Å². The Morgan fingerprint density at radius 2 is 1.93 bits per heavy atom. The van der Waals surface area contributed by atoms with Gasteiger partial charge in [0.2, 0.25) is 0 Å². The molecule has 0 aromatic carbocycles. The summed E-state index contributed by atoms with van der Waals surface area (Å²) in [5, 5.41) is 3.96. The summed E-state index contributed by atoms with van der Waals surface area (Å²) in [6.45, 7) is 4.00. The molecule has 0 aliphatic carbocycles. The van der Waals surface area contributed by atoms with Gasteiger partial charge in [-0.3, -0.25) is 4.98 Å². The molecule has 0 saturated heterocycles. The molecule has 0 aliphatic rings. The molecule has 2 rings (SSSR count). The molecule has 0 fully saturated rings. The molecular weight excluding hydrogens is 176 g/mol. The monoisotopic (exact) mass is 190 g/mol. The van der Waals surface area contributed by atoms with Crippen LogP contribution in [0.4, 0.5) is 0 Å². The molecule has 0 spiro atoms. The molecule has 0 radical (unpaired) electrons. The van der Waals surface area contributed by atoms with Crippen LogP contribution in [-0.2, 0) is 7.05 Å². The van der Waals surface area contributed by atoms with Crippen LogP contribution in [0.3, 0.4) is 0 Å². The van der Waals surface area contributed by atoms with E-state index < -0.39 is 0 Å².